The lowest BCUT2D eigenvalue weighted by molar-refractivity contribution is -0.522. The molecular formula is C17H26ClNO10. The van der Waals surface area contributed by atoms with Gasteiger partial charge >= 0.3 is 12.2 Å². The number of rotatable bonds is 7. The summed E-state index contributed by atoms with van der Waals surface area (Å²) in [6.45, 7) is 3.35. The third-order valence-corrected chi connectivity index (χ3v) is 5.73. The molecule has 10 N–H and O–H groups in total. The molecule has 1 aromatic rings. The fourth-order valence-electron chi connectivity index (χ4n) is 4.09. The first kappa shape index (κ1) is 23.7. The van der Waals surface area contributed by atoms with Crippen LogP contribution in [0.2, 0.25) is 5.02 Å². The largest absolute Gasteiger partial charge is 0.504 e. The van der Waals surface area contributed by atoms with Crippen molar-refractivity contribution in [3.8, 4) is 23.0 Å². The van der Waals surface area contributed by atoms with Crippen LogP contribution in [0.25, 0.3) is 0 Å². The van der Waals surface area contributed by atoms with Crippen LogP contribution in [0, 0.1) is 5.92 Å². The molecule has 1 fully saturated rings. The van der Waals surface area contributed by atoms with Crippen LogP contribution in [0.5, 0.6) is 23.0 Å². The van der Waals surface area contributed by atoms with Gasteiger partial charge in [0.25, 0.3) is 0 Å². The highest BCUT2D eigenvalue weighted by Crippen LogP contribution is 2.61. The van der Waals surface area contributed by atoms with Crippen LogP contribution in [0.3, 0.4) is 0 Å². The molecule has 1 atom stereocenters. The van der Waals surface area contributed by atoms with E-state index in [9.17, 15) is 51.1 Å². The minimum Gasteiger partial charge on any atom is -0.504 e. The summed E-state index contributed by atoms with van der Waals surface area (Å²) in [5.74, 6) is -4.03. The SMILES string of the molecule is CC(C)CC(N(C(O)(O)O)C(O)(O)O)C1(c2c(O)c(O)c(Cl)c(O)c2O)CCC1. The number of aromatic hydroxyl groups is 4. The van der Waals surface area contributed by atoms with Gasteiger partial charge in [0.05, 0.1) is 5.56 Å². The first-order valence-corrected chi connectivity index (χ1v) is 9.23. The molecule has 0 radical (unpaired) electrons. The van der Waals surface area contributed by atoms with E-state index >= 15 is 0 Å². The molecule has 12 heteroatoms. The summed E-state index contributed by atoms with van der Waals surface area (Å²) in [6, 6.07) is -1.52. The quantitative estimate of drug-likeness (QED) is 0.148. The predicted molar refractivity (Wildman–Crippen MR) is 97.5 cm³/mol. The van der Waals surface area contributed by atoms with E-state index in [2.05, 4.69) is 0 Å². The Bertz CT molecular complexity index is 724. The summed E-state index contributed by atoms with van der Waals surface area (Å²) in [6.07, 6.45) is -7.36. The second-order valence-electron chi connectivity index (χ2n) is 7.81. The number of aliphatic hydroxyl groups is 6. The highest BCUT2D eigenvalue weighted by atomic mass is 35.5. The summed E-state index contributed by atoms with van der Waals surface area (Å²) in [5, 5.41) is 98.6. The van der Waals surface area contributed by atoms with E-state index in [4.69, 9.17) is 11.6 Å². The molecule has 0 aromatic heterocycles. The van der Waals surface area contributed by atoms with E-state index in [-0.39, 0.29) is 30.1 Å². The van der Waals surface area contributed by atoms with Crippen molar-refractivity contribution in [3.05, 3.63) is 10.6 Å². The molecule has 2 rings (SSSR count). The molecule has 0 bridgehead atoms. The Labute approximate surface area is 170 Å². The third-order valence-electron chi connectivity index (χ3n) is 5.37. The molecule has 166 valence electrons. The Balaban J connectivity index is 2.82. The first-order valence-electron chi connectivity index (χ1n) is 8.85. The number of halogens is 1. The smallest absolute Gasteiger partial charge is 0.352 e. The van der Waals surface area contributed by atoms with Crippen molar-refractivity contribution < 1.29 is 51.1 Å². The van der Waals surface area contributed by atoms with Crippen LogP contribution < -0.4 is 0 Å². The number of hydrogen-bond donors (Lipinski definition) is 10. The first-order chi connectivity index (χ1) is 13.1. The molecule has 1 unspecified atom stereocenters. The number of phenols is 4. The van der Waals surface area contributed by atoms with Gasteiger partial charge in [0.2, 0.25) is 0 Å². The lowest BCUT2D eigenvalue weighted by Crippen LogP contribution is -2.70. The van der Waals surface area contributed by atoms with Crippen LogP contribution in [-0.4, -0.2) is 74.2 Å². The van der Waals surface area contributed by atoms with Gasteiger partial charge in [0, 0.05) is 11.5 Å². The topological polar surface area (TPSA) is 206 Å². The highest BCUT2D eigenvalue weighted by molar-refractivity contribution is 6.34. The minimum absolute atomic E-state index is 0.0781. The Morgan fingerprint density at radius 2 is 1.28 bits per heavy atom. The average Bonchev–Trinajstić information content (AvgIpc) is 2.49. The summed E-state index contributed by atoms with van der Waals surface area (Å²) >= 11 is 5.67. The van der Waals surface area contributed by atoms with Crippen LogP contribution in [-0.2, 0) is 5.41 Å². The van der Waals surface area contributed by atoms with Crippen molar-refractivity contribution in [2.75, 3.05) is 0 Å². The molecule has 0 aliphatic heterocycles. The van der Waals surface area contributed by atoms with Crippen molar-refractivity contribution in [2.45, 2.75) is 63.2 Å². The van der Waals surface area contributed by atoms with Crippen molar-refractivity contribution in [3.63, 3.8) is 0 Å². The van der Waals surface area contributed by atoms with Crippen molar-refractivity contribution in [1.82, 2.24) is 4.90 Å². The van der Waals surface area contributed by atoms with Gasteiger partial charge in [-0.3, -0.25) is 0 Å². The fourth-order valence-corrected chi connectivity index (χ4v) is 4.27. The summed E-state index contributed by atoms with van der Waals surface area (Å²) < 4.78 is 0. The lowest BCUT2D eigenvalue weighted by atomic mass is 9.57. The second-order valence-corrected chi connectivity index (χ2v) is 8.19. The van der Waals surface area contributed by atoms with Gasteiger partial charge in [-0.15, -0.1) is 4.90 Å². The zero-order chi connectivity index (χ0) is 22.5. The van der Waals surface area contributed by atoms with Crippen molar-refractivity contribution in [2.24, 2.45) is 5.92 Å². The van der Waals surface area contributed by atoms with Gasteiger partial charge in [0.1, 0.15) is 5.02 Å². The Hall–Kier alpha value is -1.57. The number of phenolic OH excluding ortho intramolecular Hbond substituents is 4. The molecule has 1 aromatic carbocycles. The number of hydrogen-bond acceptors (Lipinski definition) is 11. The van der Waals surface area contributed by atoms with E-state index in [0.717, 1.165) is 0 Å². The van der Waals surface area contributed by atoms with Gasteiger partial charge in [-0.2, -0.15) is 0 Å². The highest BCUT2D eigenvalue weighted by Gasteiger charge is 2.59. The van der Waals surface area contributed by atoms with Gasteiger partial charge in [0.15, 0.2) is 23.0 Å². The molecule has 0 amide bonds. The monoisotopic (exact) mass is 439 g/mol. The second kappa shape index (κ2) is 7.60. The molecule has 0 spiro atoms. The molecule has 1 aliphatic rings. The van der Waals surface area contributed by atoms with E-state index in [1.165, 1.54) is 0 Å². The molecule has 0 saturated heterocycles. The van der Waals surface area contributed by atoms with Crippen LogP contribution in [0.1, 0.15) is 45.1 Å². The maximum atomic E-state index is 10.5. The number of benzene rings is 1. The Morgan fingerprint density at radius 1 is 0.862 bits per heavy atom. The van der Waals surface area contributed by atoms with Gasteiger partial charge in [-0.25, -0.2) is 0 Å². The predicted octanol–water partition coefficient (Wildman–Crippen LogP) is -0.523. The van der Waals surface area contributed by atoms with E-state index in [1.807, 2.05) is 0 Å². The van der Waals surface area contributed by atoms with Crippen LogP contribution in [0.15, 0.2) is 0 Å². The summed E-state index contributed by atoms with van der Waals surface area (Å²) in [4.78, 5) is -0.208. The Morgan fingerprint density at radius 3 is 1.55 bits per heavy atom. The minimum atomic E-state index is -3.93. The zero-order valence-electron chi connectivity index (χ0n) is 15.8. The standard InChI is InChI=1S/C17H26ClNO10/c1-7(2)6-8(19(16(24,25)26)17(27,28)29)15(4-3-5-15)9-11(20)13(22)10(18)14(23)12(9)21/h7-8,20-29H,3-6H2,1-2H3. The van der Waals surface area contributed by atoms with Crippen molar-refractivity contribution >= 4 is 11.6 Å². The zero-order valence-corrected chi connectivity index (χ0v) is 16.5. The normalized spacial score (nSPS) is 18.2. The van der Waals surface area contributed by atoms with Gasteiger partial charge in [-0.05, 0) is 25.2 Å². The van der Waals surface area contributed by atoms with Crippen LogP contribution >= 0.6 is 11.6 Å². The van der Waals surface area contributed by atoms with E-state index < -0.39 is 57.2 Å². The molecular weight excluding hydrogens is 414 g/mol. The summed E-state index contributed by atoms with van der Waals surface area (Å²) in [5.41, 5.74) is -2.01. The van der Waals surface area contributed by atoms with Crippen molar-refractivity contribution in [1.29, 1.82) is 0 Å². The van der Waals surface area contributed by atoms with Crippen LogP contribution in [0.4, 0.5) is 0 Å². The third kappa shape index (κ3) is 4.05. The Kier molecular flexibility index (Phi) is 6.21. The van der Waals surface area contributed by atoms with E-state index in [1.54, 1.807) is 13.8 Å². The average molecular weight is 440 g/mol. The molecule has 1 aliphatic carbocycles. The summed E-state index contributed by atoms with van der Waals surface area (Å²) in [7, 11) is 0. The molecule has 1 saturated carbocycles. The number of nitrogens with zero attached hydrogens (tertiary/aromatic N) is 1. The van der Waals surface area contributed by atoms with Gasteiger partial charge < -0.3 is 51.1 Å². The maximum Gasteiger partial charge on any atom is 0.352 e. The lowest BCUT2D eigenvalue weighted by Gasteiger charge is -2.55. The fraction of sp³-hybridized carbons (Fsp3) is 0.647. The van der Waals surface area contributed by atoms with Gasteiger partial charge in [-0.1, -0.05) is 31.9 Å². The molecule has 11 nitrogen and oxygen atoms in total. The molecule has 0 heterocycles. The maximum absolute atomic E-state index is 10.5. The van der Waals surface area contributed by atoms with E-state index in [0.29, 0.717) is 6.42 Å². The molecule has 29 heavy (non-hydrogen) atoms.